The molecule has 4 heteroatoms. The van der Waals surface area contributed by atoms with Crippen LogP contribution in [0.15, 0.2) is 84.9 Å². The second kappa shape index (κ2) is 9.58. The highest BCUT2D eigenvalue weighted by molar-refractivity contribution is 6.42. The minimum Gasteiger partial charge on any atom is -0.457 e. The van der Waals surface area contributed by atoms with E-state index in [9.17, 15) is 0 Å². The summed E-state index contributed by atoms with van der Waals surface area (Å²) in [6.07, 6.45) is 2.21. The molecule has 0 saturated heterocycles. The van der Waals surface area contributed by atoms with Gasteiger partial charge in [0.05, 0.1) is 10.0 Å². The lowest BCUT2D eigenvalue weighted by atomic mass is 9.96. The van der Waals surface area contributed by atoms with Crippen LogP contribution in [0.25, 0.3) is 11.8 Å². The molecule has 0 radical (unpaired) electrons. The lowest BCUT2D eigenvalue weighted by Crippen LogP contribution is -2.25. The third-order valence-electron chi connectivity index (χ3n) is 6.20. The minimum absolute atomic E-state index is 0.589. The maximum atomic E-state index is 6.62. The molecule has 2 nitrogen and oxygen atoms in total. The van der Waals surface area contributed by atoms with Gasteiger partial charge in [-0.15, -0.1) is 0 Å². The Balaban J connectivity index is 1.50. The van der Waals surface area contributed by atoms with Crippen molar-refractivity contribution in [3.05, 3.63) is 128 Å². The topological polar surface area (TPSA) is 12.5 Å². The van der Waals surface area contributed by atoms with Gasteiger partial charge in [0.25, 0.3) is 0 Å². The minimum atomic E-state index is 0.589. The van der Waals surface area contributed by atoms with Crippen molar-refractivity contribution in [2.24, 2.45) is 0 Å². The van der Waals surface area contributed by atoms with Crippen LogP contribution in [0.1, 0.15) is 33.4 Å². The standard InChI is InChI=1S/C30H25Cl2NO/c1-20-8-9-24(21(2)16-20)18-33-19-27-23(12-15-28(31)30(27)32)17-29(33)22-10-13-26(14-11-22)34-25-6-4-3-5-7-25/h3-17H,18-19H2,1-2H3. The molecule has 0 saturated carbocycles. The Kier molecular flexibility index (Phi) is 6.36. The molecule has 0 aliphatic carbocycles. The zero-order valence-corrected chi connectivity index (χ0v) is 20.7. The first-order chi connectivity index (χ1) is 16.5. The van der Waals surface area contributed by atoms with Crippen LogP contribution in [-0.4, -0.2) is 4.90 Å². The van der Waals surface area contributed by atoms with Gasteiger partial charge in [-0.2, -0.15) is 0 Å². The lowest BCUT2D eigenvalue weighted by Gasteiger charge is -2.33. The third kappa shape index (κ3) is 4.70. The third-order valence-corrected chi connectivity index (χ3v) is 7.05. The number of nitrogens with zero attached hydrogens (tertiary/aromatic N) is 1. The van der Waals surface area contributed by atoms with Crippen molar-refractivity contribution in [2.75, 3.05) is 0 Å². The maximum absolute atomic E-state index is 6.62. The lowest BCUT2D eigenvalue weighted by molar-refractivity contribution is 0.380. The molecule has 1 aliphatic heterocycles. The van der Waals surface area contributed by atoms with E-state index in [1.165, 1.54) is 16.7 Å². The predicted octanol–water partition coefficient (Wildman–Crippen LogP) is 8.92. The van der Waals surface area contributed by atoms with Crippen molar-refractivity contribution in [2.45, 2.75) is 26.9 Å². The smallest absolute Gasteiger partial charge is 0.127 e. The van der Waals surface area contributed by atoms with Gasteiger partial charge in [-0.1, -0.05) is 71.2 Å². The molecule has 4 aromatic carbocycles. The van der Waals surface area contributed by atoms with Crippen LogP contribution in [0.4, 0.5) is 0 Å². The number of hydrogen-bond acceptors (Lipinski definition) is 2. The number of aryl methyl sites for hydroxylation is 2. The van der Waals surface area contributed by atoms with Gasteiger partial charge in [0.1, 0.15) is 11.5 Å². The quantitative estimate of drug-likeness (QED) is 0.279. The van der Waals surface area contributed by atoms with E-state index < -0.39 is 0 Å². The van der Waals surface area contributed by atoms with Crippen LogP contribution in [0.3, 0.4) is 0 Å². The SMILES string of the molecule is Cc1ccc(CN2Cc3c(ccc(Cl)c3Cl)C=C2c2ccc(Oc3ccccc3)cc2)c(C)c1. The van der Waals surface area contributed by atoms with E-state index >= 15 is 0 Å². The van der Waals surface area contributed by atoms with E-state index in [0.717, 1.165) is 40.4 Å². The maximum Gasteiger partial charge on any atom is 0.127 e. The molecule has 34 heavy (non-hydrogen) atoms. The van der Waals surface area contributed by atoms with E-state index in [0.29, 0.717) is 16.6 Å². The van der Waals surface area contributed by atoms with Crippen LogP contribution in [0, 0.1) is 13.8 Å². The second-order valence-corrected chi connectivity index (χ2v) is 9.47. The average molecular weight is 486 g/mol. The van der Waals surface area contributed by atoms with Gasteiger partial charge >= 0.3 is 0 Å². The highest BCUT2D eigenvalue weighted by Gasteiger charge is 2.23. The summed E-state index contributed by atoms with van der Waals surface area (Å²) in [6, 6.07) is 28.6. The van der Waals surface area contributed by atoms with Gasteiger partial charge < -0.3 is 9.64 Å². The Morgan fingerprint density at radius 3 is 2.29 bits per heavy atom. The van der Waals surface area contributed by atoms with Gasteiger partial charge in [-0.3, -0.25) is 0 Å². The molecular weight excluding hydrogens is 461 g/mol. The zero-order chi connectivity index (χ0) is 23.7. The summed E-state index contributed by atoms with van der Waals surface area (Å²) in [6.45, 7) is 5.77. The Hall–Kier alpha value is -3.20. The number of ether oxygens (including phenoxy) is 1. The van der Waals surface area contributed by atoms with Crippen molar-refractivity contribution in [3.8, 4) is 11.5 Å². The summed E-state index contributed by atoms with van der Waals surface area (Å²) in [5.74, 6) is 1.63. The predicted molar refractivity (Wildman–Crippen MR) is 142 cm³/mol. The Morgan fingerprint density at radius 2 is 1.56 bits per heavy atom. The molecular formula is C30H25Cl2NO. The second-order valence-electron chi connectivity index (χ2n) is 8.68. The van der Waals surface area contributed by atoms with Crippen molar-refractivity contribution in [1.29, 1.82) is 0 Å². The van der Waals surface area contributed by atoms with Crippen molar-refractivity contribution < 1.29 is 4.74 Å². The molecule has 1 heterocycles. The molecule has 0 spiro atoms. The average Bonchev–Trinajstić information content (AvgIpc) is 2.84. The number of halogens is 2. The molecule has 170 valence electrons. The molecule has 0 bridgehead atoms. The fourth-order valence-corrected chi connectivity index (χ4v) is 4.78. The molecule has 0 N–H and O–H groups in total. The number of para-hydroxylation sites is 1. The number of rotatable bonds is 5. The van der Waals surface area contributed by atoms with E-state index in [2.05, 4.69) is 55.2 Å². The molecule has 0 unspecified atom stereocenters. The Bertz CT molecular complexity index is 1360. The fourth-order valence-electron chi connectivity index (χ4n) is 4.37. The highest BCUT2D eigenvalue weighted by atomic mass is 35.5. The van der Waals surface area contributed by atoms with E-state index in [1.54, 1.807) is 0 Å². The molecule has 5 rings (SSSR count). The van der Waals surface area contributed by atoms with Gasteiger partial charge in [0, 0.05) is 18.8 Å². The summed E-state index contributed by atoms with van der Waals surface area (Å²) in [4.78, 5) is 2.37. The number of fused-ring (bicyclic) bond motifs is 1. The first-order valence-corrected chi connectivity index (χ1v) is 12.1. The summed E-state index contributed by atoms with van der Waals surface area (Å²) in [7, 11) is 0. The van der Waals surface area contributed by atoms with Crippen molar-refractivity contribution in [3.63, 3.8) is 0 Å². The van der Waals surface area contributed by atoms with Crippen LogP contribution >= 0.6 is 23.2 Å². The molecule has 0 atom stereocenters. The van der Waals surface area contributed by atoms with E-state index in [-0.39, 0.29) is 0 Å². The van der Waals surface area contributed by atoms with Crippen LogP contribution in [0.5, 0.6) is 11.5 Å². The fraction of sp³-hybridized carbons (Fsp3) is 0.133. The molecule has 0 aromatic heterocycles. The first-order valence-electron chi connectivity index (χ1n) is 11.3. The van der Waals surface area contributed by atoms with Gasteiger partial charge in [-0.05, 0) is 90.2 Å². The molecule has 4 aromatic rings. The summed E-state index contributed by atoms with van der Waals surface area (Å²) < 4.78 is 5.99. The van der Waals surface area contributed by atoms with Gasteiger partial charge in [-0.25, -0.2) is 0 Å². The number of benzene rings is 4. The molecule has 0 fully saturated rings. The van der Waals surface area contributed by atoms with Crippen LogP contribution in [-0.2, 0) is 13.1 Å². The summed E-state index contributed by atoms with van der Waals surface area (Å²) in [5, 5.41) is 1.22. The van der Waals surface area contributed by atoms with E-state index in [4.69, 9.17) is 27.9 Å². The van der Waals surface area contributed by atoms with Gasteiger partial charge in [0.15, 0.2) is 0 Å². The Labute approximate surface area is 211 Å². The van der Waals surface area contributed by atoms with Crippen LogP contribution in [0.2, 0.25) is 10.0 Å². The van der Waals surface area contributed by atoms with Crippen LogP contribution < -0.4 is 4.74 Å². The highest BCUT2D eigenvalue weighted by Crippen LogP contribution is 2.39. The summed E-state index contributed by atoms with van der Waals surface area (Å²) in [5.41, 5.74) is 8.29. The first kappa shape index (κ1) is 22.6. The van der Waals surface area contributed by atoms with E-state index in [1.807, 2.05) is 54.6 Å². The number of hydrogen-bond donors (Lipinski definition) is 0. The van der Waals surface area contributed by atoms with Crippen molar-refractivity contribution >= 4 is 35.0 Å². The van der Waals surface area contributed by atoms with Crippen molar-refractivity contribution in [1.82, 2.24) is 4.90 Å². The normalized spacial score (nSPS) is 12.8. The monoisotopic (exact) mass is 485 g/mol. The largest absolute Gasteiger partial charge is 0.457 e. The Morgan fingerprint density at radius 1 is 0.824 bits per heavy atom. The summed E-state index contributed by atoms with van der Waals surface area (Å²) >= 11 is 13.0. The zero-order valence-electron chi connectivity index (χ0n) is 19.2. The van der Waals surface area contributed by atoms with Gasteiger partial charge in [0.2, 0.25) is 0 Å². The molecule has 0 amide bonds. The molecule has 1 aliphatic rings.